The number of rotatable bonds is 12. The third-order valence-corrected chi connectivity index (χ3v) is 8.19. The second-order valence-corrected chi connectivity index (χ2v) is 12.4. The highest BCUT2D eigenvalue weighted by Crippen LogP contribution is 2.31. The molecule has 6 nitrogen and oxygen atoms in total. The first-order chi connectivity index (χ1) is 19.4. The van der Waals surface area contributed by atoms with E-state index < -0.39 is 0 Å². The van der Waals surface area contributed by atoms with Crippen LogP contribution in [0.1, 0.15) is 76.6 Å². The summed E-state index contributed by atoms with van der Waals surface area (Å²) in [7, 11) is 0. The van der Waals surface area contributed by atoms with Crippen molar-refractivity contribution < 1.29 is 9.21 Å². The molecular formula is C34H46N4O2. The highest BCUT2D eigenvalue weighted by Gasteiger charge is 2.21. The van der Waals surface area contributed by atoms with E-state index in [-0.39, 0.29) is 5.91 Å². The fraction of sp³-hybridized carbons (Fsp3) is 0.529. The van der Waals surface area contributed by atoms with E-state index in [9.17, 15) is 4.79 Å². The van der Waals surface area contributed by atoms with E-state index in [1.54, 1.807) is 0 Å². The smallest absolute Gasteiger partial charge is 0.253 e. The second-order valence-electron chi connectivity index (χ2n) is 12.4. The molecule has 4 aromatic rings. The molecule has 214 valence electrons. The summed E-state index contributed by atoms with van der Waals surface area (Å²) in [6, 6.07) is 16.2. The highest BCUT2D eigenvalue weighted by atomic mass is 16.3. The van der Waals surface area contributed by atoms with Crippen molar-refractivity contribution in [1.29, 1.82) is 0 Å². The normalized spacial score (nSPS) is 14.7. The number of nitrogens with zero attached hydrogens (tertiary/aromatic N) is 4. The molecule has 0 N–H and O–H groups in total. The lowest BCUT2D eigenvalue weighted by atomic mass is 10.1. The Morgan fingerprint density at radius 1 is 0.925 bits per heavy atom. The van der Waals surface area contributed by atoms with Crippen molar-refractivity contribution in [2.24, 2.45) is 11.8 Å². The molecule has 1 saturated heterocycles. The molecule has 2 aromatic carbocycles. The lowest BCUT2D eigenvalue weighted by molar-refractivity contribution is 0.0741. The summed E-state index contributed by atoms with van der Waals surface area (Å²) in [6.07, 6.45) is 7.00. The Morgan fingerprint density at radius 2 is 1.65 bits per heavy atom. The van der Waals surface area contributed by atoms with Crippen molar-refractivity contribution in [2.75, 3.05) is 32.7 Å². The molecule has 5 rings (SSSR count). The predicted octanol–water partition coefficient (Wildman–Crippen LogP) is 7.86. The van der Waals surface area contributed by atoms with Crippen molar-refractivity contribution in [2.45, 2.75) is 72.8 Å². The van der Waals surface area contributed by atoms with Crippen molar-refractivity contribution in [3.8, 4) is 11.6 Å². The minimum Gasteiger partial charge on any atom is -0.453 e. The number of aryl methyl sites for hydroxylation is 1. The number of piperidine rings is 1. The van der Waals surface area contributed by atoms with Crippen LogP contribution < -0.4 is 0 Å². The number of hydrogen-bond donors (Lipinski definition) is 0. The molecule has 1 aliphatic rings. The molecule has 0 unspecified atom stereocenters. The Balaban J connectivity index is 1.47. The SMILES string of the molecule is CC(C)CCN(CCC(C)C)C(=O)c1ccc2nc(-c3cc4ccccc4o3)n(CCCN3CCCCC3)c2c1. The molecule has 1 aliphatic heterocycles. The van der Waals surface area contributed by atoms with Crippen LogP contribution in [0.3, 0.4) is 0 Å². The topological polar surface area (TPSA) is 54.5 Å². The highest BCUT2D eigenvalue weighted by molar-refractivity contribution is 5.98. The minimum atomic E-state index is 0.120. The van der Waals surface area contributed by atoms with Crippen molar-refractivity contribution in [1.82, 2.24) is 19.4 Å². The molecule has 0 radical (unpaired) electrons. The lowest BCUT2D eigenvalue weighted by Crippen LogP contribution is -2.34. The average molecular weight is 543 g/mol. The van der Waals surface area contributed by atoms with E-state index in [4.69, 9.17) is 9.40 Å². The molecule has 3 heterocycles. The van der Waals surface area contributed by atoms with Crippen molar-refractivity contribution in [3.05, 3.63) is 54.1 Å². The second kappa shape index (κ2) is 13.0. The van der Waals surface area contributed by atoms with Gasteiger partial charge in [-0.3, -0.25) is 4.79 Å². The zero-order chi connectivity index (χ0) is 28.1. The summed E-state index contributed by atoms with van der Waals surface area (Å²) >= 11 is 0. The Morgan fingerprint density at radius 3 is 2.35 bits per heavy atom. The van der Waals surface area contributed by atoms with E-state index >= 15 is 0 Å². The Kier molecular flexibility index (Phi) is 9.25. The molecular weight excluding hydrogens is 496 g/mol. The largest absolute Gasteiger partial charge is 0.453 e. The first kappa shape index (κ1) is 28.4. The van der Waals surface area contributed by atoms with Crippen LogP contribution in [-0.4, -0.2) is 58.0 Å². The van der Waals surface area contributed by atoms with Crippen LogP contribution in [-0.2, 0) is 6.54 Å². The molecule has 0 spiro atoms. The molecule has 0 aliphatic carbocycles. The summed E-state index contributed by atoms with van der Waals surface area (Å²) in [5, 5.41) is 1.08. The third kappa shape index (κ3) is 6.77. The summed E-state index contributed by atoms with van der Waals surface area (Å²) in [5.74, 6) is 2.85. The van der Waals surface area contributed by atoms with E-state index in [2.05, 4.69) is 60.3 Å². The molecule has 0 bridgehead atoms. The molecule has 6 heteroatoms. The van der Waals surface area contributed by atoms with E-state index in [0.717, 1.165) is 84.6 Å². The molecule has 0 saturated carbocycles. The number of benzene rings is 2. The number of carbonyl (C=O) groups is 1. The van der Waals surface area contributed by atoms with Gasteiger partial charge in [-0.25, -0.2) is 4.98 Å². The number of carbonyl (C=O) groups excluding carboxylic acids is 1. The van der Waals surface area contributed by atoms with Crippen LogP contribution in [0.5, 0.6) is 0 Å². The first-order valence-corrected chi connectivity index (χ1v) is 15.4. The number of aromatic nitrogens is 2. The van der Waals surface area contributed by atoms with Crippen molar-refractivity contribution in [3.63, 3.8) is 0 Å². The molecule has 0 atom stereocenters. The number of para-hydroxylation sites is 1. The maximum Gasteiger partial charge on any atom is 0.253 e. The van der Waals surface area contributed by atoms with Gasteiger partial charge < -0.3 is 18.8 Å². The molecule has 2 aromatic heterocycles. The number of imidazole rings is 1. The Labute approximate surface area is 239 Å². The van der Waals surface area contributed by atoms with Gasteiger partial charge in [-0.2, -0.15) is 0 Å². The van der Waals surface area contributed by atoms with Gasteiger partial charge in [0.25, 0.3) is 5.91 Å². The summed E-state index contributed by atoms with van der Waals surface area (Å²) < 4.78 is 8.55. The molecule has 1 fully saturated rings. The molecule has 40 heavy (non-hydrogen) atoms. The Bertz CT molecular complexity index is 1370. The minimum absolute atomic E-state index is 0.120. The summed E-state index contributed by atoms with van der Waals surface area (Å²) in [4.78, 5) is 23.5. The third-order valence-electron chi connectivity index (χ3n) is 8.19. The van der Waals surface area contributed by atoms with Crippen LogP contribution in [0.25, 0.3) is 33.6 Å². The van der Waals surface area contributed by atoms with Crippen LogP contribution in [0.15, 0.2) is 52.9 Å². The van der Waals surface area contributed by atoms with Crippen LogP contribution in [0.4, 0.5) is 0 Å². The number of amides is 1. The van der Waals surface area contributed by atoms with Gasteiger partial charge in [-0.05, 0) is 93.9 Å². The fourth-order valence-electron chi connectivity index (χ4n) is 5.72. The number of likely N-dealkylation sites (tertiary alicyclic amines) is 1. The molecule has 1 amide bonds. The number of furan rings is 1. The van der Waals surface area contributed by atoms with E-state index in [1.165, 1.54) is 32.4 Å². The van der Waals surface area contributed by atoms with Gasteiger partial charge in [0.1, 0.15) is 5.58 Å². The standard InChI is InChI=1S/C34H46N4O2/c1-25(2)15-21-37(22-16-26(3)4)34(39)28-13-14-29-30(23-28)38(20-10-19-36-17-8-5-9-18-36)33(35-29)32-24-27-11-6-7-12-31(27)40-32/h6-7,11-14,23-26H,5,8-10,15-22H2,1-4H3. The Hall–Kier alpha value is -3.12. The zero-order valence-electron chi connectivity index (χ0n) is 24.9. The number of hydrogen-bond acceptors (Lipinski definition) is 4. The van der Waals surface area contributed by atoms with Crippen molar-refractivity contribution >= 4 is 27.9 Å². The zero-order valence-corrected chi connectivity index (χ0v) is 24.9. The maximum atomic E-state index is 13.8. The average Bonchev–Trinajstić information content (AvgIpc) is 3.54. The van der Waals surface area contributed by atoms with Gasteiger partial charge in [0, 0.05) is 30.6 Å². The lowest BCUT2D eigenvalue weighted by Gasteiger charge is -2.26. The van der Waals surface area contributed by atoms with Gasteiger partial charge in [-0.1, -0.05) is 52.3 Å². The van der Waals surface area contributed by atoms with Gasteiger partial charge in [0.2, 0.25) is 0 Å². The maximum absolute atomic E-state index is 13.8. The first-order valence-electron chi connectivity index (χ1n) is 15.4. The van der Waals surface area contributed by atoms with E-state index in [0.29, 0.717) is 11.8 Å². The van der Waals surface area contributed by atoms with Gasteiger partial charge in [-0.15, -0.1) is 0 Å². The van der Waals surface area contributed by atoms with E-state index in [1.807, 2.05) is 30.3 Å². The summed E-state index contributed by atoms with van der Waals surface area (Å²) in [5.41, 5.74) is 3.52. The van der Waals surface area contributed by atoms with Crippen LogP contribution in [0, 0.1) is 11.8 Å². The predicted molar refractivity (Wildman–Crippen MR) is 165 cm³/mol. The fourth-order valence-corrected chi connectivity index (χ4v) is 5.72. The van der Waals surface area contributed by atoms with Gasteiger partial charge in [0.05, 0.1) is 11.0 Å². The quantitative estimate of drug-likeness (QED) is 0.183. The number of fused-ring (bicyclic) bond motifs is 2. The monoisotopic (exact) mass is 542 g/mol. The van der Waals surface area contributed by atoms with Crippen LogP contribution >= 0.6 is 0 Å². The summed E-state index contributed by atoms with van der Waals surface area (Å²) in [6.45, 7) is 14.8. The van der Waals surface area contributed by atoms with Crippen LogP contribution in [0.2, 0.25) is 0 Å². The van der Waals surface area contributed by atoms with Gasteiger partial charge >= 0.3 is 0 Å². The van der Waals surface area contributed by atoms with Gasteiger partial charge in [0.15, 0.2) is 11.6 Å².